The van der Waals surface area contributed by atoms with Gasteiger partial charge in [-0.3, -0.25) is 9.20 Å². The highest BCUT2D eigenvalue weighted by Crippen LogP contribution is 2.22. The molecule has 0 saturated carbocycles. The van der Waals surface area contributed by atoms with Gasteiger partial charge in [0.2, 0.25) is 0 Å². The smallest absolute Gasteiger partial charge is 0.281 e. The Balaban J connectivity index is 1.87. The number of nitrogens with one attached hydrogen (secondary N) is 1. The minimum atomic E-state index is -1.51. The second-order valence-corrected chi connectivity index (χ2v) is 5.80. The van der Waals surface area contributed by atoms with Gasteiger partial charge >= 0.3 is 0 Å². The van der Waals surface area contributed by atoms with Crippen molar-refractivity contribution in [3.05, 3.63) is 28.1 Å². The lowest BCUT2D eigenvalue weighted by molar-refractivity contribution is -0.221. The number of anilines is 1. The molecule has 2 aromatic heterocycles. The van der Waals surface area contributed by atoms with Gasteiger partial charge in [0.15, 0.2) is 11.2 Å². The van der Waals surface area contributed by atoms with Gasteiger partial charge in [0, 0.05) is 11.6 Å². The van der Waals surface area contributed by atoms with E-state index in [1.54, 1.807) is 11.6 Å². The van der Waals surface area contributed by atoms with Crippen molar-refractivity contribution in [1.82, 2.24) is 9.38 Å². The normalized spacial score (nSPS) is 32.3. The van der Waals surface area contributed by atoms with E-state index >= 15 is 0 Å². The van der Waals surface area contributed by atoms with Crippen LogP contribution in [0.1, 0.15) is 0 Å². The summed E-state index contributed by atoms with van der Waals surface area (Å²) in [5.41, 5.74) is -0.316. The zero-order valence-corrected chi connectivity index (χ0v) is 12.1. The molecule has 1 aliphatic heterocycles. The van der Waals surface area contributed by atoms with Gasteiger partial charge in [0.1, 0.15) is 30.1 Å². The molecule has 0 bridgehead atoms. The van der Waals surface area contributed by atoms with Crippen molar-refractivity contribution in [2.45, 2.75) is 30.6 Å². The molecule has 0 radical (unpaired) electrons. The molecule has 10 heteroatoms. The highest BCUT2D eigenvalue weighted by atomic mass is 32.1. The molecule has 3 rings (SSSR count). The molecule has 1 aliphatic rings. The molecule has 0 amide bonds. The lowest BCUT2D eigenvalue weighted by Crippen LogP contribution is -2.60. The predicted octanol–water partition coefficient (Wildman–Crippen LogP) is -2.03. The first kappa shape index (κ1) is 15.3. The van der Waals surface area contributed by atoms with Crippen LogP contribution in [-0.4, -0.2) is 67.1 Å². The summed E-state index contributed by atoms with van der Waals surface area (Å²) in [6, 6.07) is 0. The minimum absolute atomic E-state index is 0.0697. The number of aromatic nitrogens is 2. The molecule has 2 aromatic rings. The van der Waals surface area contributed by atoms with E-state index in [2.05, 4.69) is 10.3 Å². The number of thiazole rings is 1. The maximum Gasteiger partial charge on any atom is 0.281 e. The van der Waals surface area contributed by atoms with E-state index in [1.807, 2.05) is 0 Å². The summed E-state index contributed by atoms with van der Waals surface area (Å²) < 4.78 is 6.62. The van der Waals surface area contributed by atoms with Gasteiger partial charge in [-0.1, -0.05) is 0 Å². The second kappa shape index (κ2) is 5.91. The summed E-state index contributed by atoms with van der Waals surface area (Å²) >= 11 is 1.30. The number of ether oxygens (including phenoxy) is 1. The molecule has 22 heavy (non-hydrogen) atoms. The molecule has 1 fully saturated rings. The Morgan fingerprint density at radius 2 is 2.09 bits per heavy atom. The van der Waals surface area contributed by atoms with Crippen molar-refractivity contribution in [3.63, 3.8) is 0 Å². The molecule has 5 N–H and O–H groups in total. The Bertz CT molecular complexity index is 716. The van der Waals surface area contributed by atoms with Crippen LogP contribution >= 0.6 is 11.3 Å². The fraction of sp³-hybridized carbons (Fsp3) is 0.500. The summed E-state index contributed by atoms with van der Waals surface area (Å²) in [6.07, 6.45) is -3.78. The predicted molar refractivity (Wildman–Crippen MR) is 76.7 cm³/mol. The van der Waals surface area contributed by atoms with Crippen molar-refractivity contribution in [2.24, 2.45) is 0 Å². The fourth-order valence-electron chi connectivity index (χ4n) is 2.30. The zero-order chi connectivity index (χ0) is 15.9. The molecule has 0 aromatic carbocycles. The van der Waals surface area contributed by atoms with E-state index in [1.165, 1.54) is 21.9 Å². The van der Waals surface area contributed by atoms with Crippen molar-refractivity contribution in [1.29, 1.82) is 0 Å². The molecule has 120 valence electrons. The van der Waals surface area contributed by atoms with E-state index < -0.39 is 37.3 Å². The molecular weight excluding hydrogens is 314 g/mol. The quantitative estimate of drug-likeness (QED) is 0.435. The second-order valence-electron chi connectivity index (χ2n) is 4.93. The van der Waals surface area contributed by atoms with Gasteiger partial charge in [-0.15, -0.1) is 11.3 Å². The van der Waals surface area contributed by atoms with Crippen LogP contribution in [0.4, 0.5) is 5.69 Å². The standard InChI is InChI=1S/C12H15N3O6S/c16-4-6-7(17)8(18)9(19)10(21-6)14-5-3-13-12-15(11(5)20)1-2-22-12/h1-3,6-10,14,16-19H,4H2/t6-,7-,8+,9-,10?/m1/s1. The van der Waals surface area contributed by atoms with Crippen molar-refractivity contribution in [3.8, 4) is 0 Å². The monoisotopic (exact) mass is 329 g/mol. The molecule has 5 atom stereocenters. The highest BCUT2D eigenvalue weighted by molar-refractivity contribution is 7.15. The van der Waals surface area contributed by atoms with Crippen molar-refractivity contribution in [2.75, 3.05) is 11.9 Å². The summed E-state index contributed by atoms with van der Waals surface area (Å²) in [5, 5.41) is 42.9. The van der Waals surface area contributed by atoms with Crippen LogP contribution in [0.25, 0.3) is 4.96 Å². The summed E-state index contributed by atoms with van der Waals surface area (Å²) in [7, 11) is 0. The van der Waals surface area contributed by atoms with Gasteiger partial charge in [0.25, 0.3) is 5.56 Å². The Kier molecular flexibility index (Phi) is 4.12. The first-order valence-electron chi connectivity index (χ1n) is 6.55. The Labute approximate surface area is 128 Å². The van der Waals surface area contributed by atoms with Gasteiger partial charge in [-0.2, -0.15) is 0 Å². The third kappa shape index (κ3) is 2.49. The largest absolute Gasteiger partial charge is 0.394 e. The van der Waals surface area contributed by atoms with Crippen LogP contribution in [0.3, 0.4) is 0 Å². The lowest BCUT2D eigenvalue weighted by atomic mass is 9.98. The molecule has 3 heterocycles. The number of hydrogen-bond acceptors (Lipinski definition) is 9. The Morgan fingerprint density at radius 1 is 1.32 bits per heavy atom. The Morgan fingerprint density at radius 3 is 2.82 bits per heavy atom. The number of fused-ring (bicyclic) bond motifs is 1. The zero-order valence-electron chi connectivity index (χ0n) is 11.2. The van der Waals surface area contributed by atoms with Crippen molar-refractivity contribution < 1.29 is 25.2 Å². The number of aliphatic hydroxyl groups is 4. The number of rotatable bonds is 3. The van der Waals surface area contributed by atoms with E-state index in [0.29, 0.717) is 4.96 Å². The van der Waals surface area contributed by atoms with Crippen molar-refractivity contribution >= 4 is 22.0 Å². The summed E-state index contributed by atoms with van der Waals surface area (Å²) in [4.78, 5) is 16.8. The molecule has 1 saturated heterocycles. The summed E-state index contributed by atoms with van der Waals surface area (Å²) in [5.74, 6) is 0. The molecule has 0 spiro atoms. The first-order valence-corrected chi connectivity index (χ1v) is 7.43. The van der Waals surface area contributed by atoms with E-state index in [4.69, 9.17) is 9.84 Å². The van der Waals surface area contributed by atoms with E-state index in [-0.39, 0.29) is 11.2 Å². The number of hydrogen-bond donors (Lipinski definition) is 5. The summed E-state index contributed by atoms with van der Waals surface area (Å²) in [6.45, 7) is -0.538. The topological polar surface area (TPSA) is 137 Å². The maximum absolute atomic E-state index is 12.2. The molecule has 9 nitrogen and oxygen atoms in total. The average Bonchev–Trinajstić information content (AvgIpc) is 2.99. The average molecular weight is 329 g/mol. The van der Waals surface area contributed by atoms with Crippen LogP contribution in [-0.2, 0) is 4.74 Å². The lowest BCUT2D eigenvalue weighted by Gasteiger charge is -2.40. The van der Waals surface area contributed by atoms with Crippen LogP contribution in [0.5, 0.6) is 0 Å². The highest BCUT2D eigenvalue weighted by Gasteiger charge is 2.43. The van der Waals surface area contributed by atoms with Gasteiger partial charge < -0.3 is 30.5 Å². The SMILES string of the molecule is O=c1c(NC2O[C@H](CO)[C@@H](O)[C@H](O)[C@H]2O)cnc2sccn12. The molecule has 1 unspecified atom stereocenters. The molecular formula is C12H15N3O6S. The Hall–Kier alpha value is -1.56. The number of nitrogens with zero attached hydrogens (tertiary/aromatic N) is 2. The van der Waals surface area contributed by atoms with Gasteiger partial charge in [-0.05, 0) is 0 Å². The third-order valence-electron chi connectivity index (χ3n) is 3.53. The maximum atomic E-state index is 12.2. The minimum Gasteiger partial charge on any atom is -0.394 e. The van der Waals surface area contributed by atoms with E-state index in [0.717, 1.165) is 0 Å². The van der Waals surface area contributed by atoms with E-state index in [9.17, 15) is 20.1 Å². The third-order valence-corrected chi connectivity index (χ3v) is 4.30. The van der Waals surface area contributed by atoms with Crippen LogP contribution < -0.4 is 10.9 Å². The van der Waals surface area contributed by atoms with Crippen LogP contribution in [0.15, 0.2) is 22.6 Å². The van der Waals surface area contributed by atoms with Gasteiger partial charge in [-0.25, -0.2) is 4.98 Å². The molecule has 0 aliphatic carbocycles. The van der Waals surface area contributed by atoms with Crippen LogP contribution in [0, 0.1) is 0 Å². The number of aliphatic hydroxyl groups excluding tert-OH is 4. The van der Waals surface area contributed by atoms with Crippen LogP contribution in [0.2, 0.25) is 0 Å². The first-order chi connectivity index (χ1) is 10.5. The van der Waals surface area contributed by atoms with Gasteiger partial charge in [0.05, 0.1) is 12.8 Å². The fourth-order valence-corrected chi connectivity index (χ4v) is 2.97.